The van der Waals surface area contributed by atoms with Gasteiger partial charge >= 0.3 is 0 Å². The van der Waals surface area contributed by atoms with Gasteiger partial charge in [0.1, 0.15) is 11.8 Å². The molecular weight excluding hydrogens is 488 g/mol. The summed E-state index contributed by atoms with van der Waals surface area (Å²) in [6.45, 7) is 4.44. The number of aliphatic hydroxyl groups is 1. The Kier molecular flexibility index (Phi) is 7.80. The highest BCUT2D eigenvalue weighted by Crippen LogP contribution is 2.27. The van der Waals surface area contributed by atoms with Gasteiger partial charge in [-0.3, -0.25) is 4.79 Å². The number of aliphatic hydroxyl groups excluding tert-OH is 1. The maximum atomic E-state index is 12.6. The van der Waals surface area contributed by atoms with Crippen molar-refractivity contribution >= 4 is 40.0 Å². The predicted octanol–water partition coefficient (Wildman–Crippen LogP) is 6.08. The summed E-state index contributed by atoms with van der Waals surface area (Å²) in [6.07, 6.45) is 3.31. The monoisotopic (exact) mass is 520 g/mol. The number of hydrogen-bond donors (Lipinski definition) is 4. The average molecular weight is 521 g/mol. The second-order valence-electron chi connectivity index (χ2n) is 9.60. The standard InChI is InChI=1S/C31H32N6O2/c1-2-36-17-3-4-30(36)31(39)35-26-11-14-29(22(20-26)21-32)34-25-7-5-23(6-8-25)33-24-9-12-27(13-10-24)37-18-15-28(38)16-19-37/h3-14,17,20,28,33-34,38H,2,15-16,18-19H2,1H3,(H,35,39). The van der Waals surface area contributed by atoms with Gasteiger partial charge in [0.25, 0.3) is 5.91 Å². The van der Waals surface area contributed by atoms with E-state index in [1.165, 1.54) is 5.69 Å². The van der Waals surface area contributed by atoms with Gasteiger partial charge in [0.05, 0.1) is 17.4 Å². The van der Waals surface area contributed by atoms with Crippen LogP contribution in [0.2, 0.25) is 0 Å². The van der Waals surface area contributed by atoms with E-state index < -0.39 is 0 Å². The summed E-state index contributed by atoms with van der Waals surface area (Å²) in [4.78, 5) is 14.9. The smallest absolute Gasteiger partial charge is 0.272 e. The minimum Gasteiger partial charge on any atom is -0.393 e. The van der Waals surface area contributed by atoms with Crippen LogP contribution in [0.3, 0.4) is 0 Å². The molecule has 1 aliphatic heterocycles. The summed E-state index contributed by atoms with van der Waals surface area (Å²) in [5, 5.41) is 29.0. The van der Waals surface area contributed by atoms with Crippen LogP contribution in [0.25, 0.3) is 0 Å². The number of benzene rings is 3. The van der Waals surface area contributed by atoms with E-state index in [9.17, 15) is 15.2 Å². The molecule has 1 aromatic heterocycles. The summed E-state index contributed by atoms with van der Waals surface area (Å²) >= 11 is 0. The van der Waals surface area contributed by atoms with E-state index in [4.69, 9.17) is 0 Å². The molecule has 0 aliphatic carbocycles. The molecule has 2 heterocycles. The lowest BCUT2D eigenvalue weighted by molar-refractivity contribution is 0.101. The number of carbonyl (C=O) groups excluding carboxylic acids is 1. The van der Waals surface area contributed by atoms with Gasteiger partial charge in [0.2, 0.25) is 0 Å². The van der Waals surface area contributed by atoms with Crippen LogP contribution in [0.5, 0.6) is 0 Å². The summed E-state index contributed by atoms with van der Waals surface area (Å²) in [7, 11) is 0. The number of rotatable bonds is 8. The zero-order valence-electron chi connectivity index (χ0n) is 21.9. The molecule has 1 saturated heterocycles. The number of hydrogen-bond acceptors (Lipinski definition) is 6. The van der Waals surface area contributed by atoms with E-state index in [0.29, 0.717) is 29.2 Å². The Morgan fingerprint density at radius 3 is 2.18 bits per heavy atom. The lowest BCUT2D eigenvalue weighted by Crippen LogP contribution is -2.35. The summed E-state index contributed by atoms with van der Waals surface area (Å²) < 4.78 is 1.87. The van der Waals surface area contributed by atoms with Crippen molar-refractivity contribution in [1.29, 1.82) is 5.26 Å². The number of nitrogens with one attached hydrogen (secondary N) is 3. The van der Waals surface area contributed by atoms with Gasteiger partial charge in [-0.15, -0.1) is 0 Å². The van der Waals surface area contributed by atoms with Gasteiger partial charge < -0.3 is 30.5 Å². The van der Waals surface area contributed by atoms with Crippen LogP contribution in [0.15, 0.2) is 85.1 Å². The Hall–Kier alpha value is -4.74. The minimum atomic E-state index is -0.212. The lowest BCUT2D eigenvalue weighted by atomic mass is 10.1. The van der Waals surface area contributed by atoms with Gasteiger partial charge in [0.15, 0.2) is 0 Å². The first kappa shape index (κ1) is 25.9. The summed E-state index contributed by atoms with van der Waals surface area (Å²) in [6, 6.07) is 27.3. The topological polar surface area (TPSA) is 105 Å². The van der Waals surface area contributed by atoms with Crippen LogP contribution < -0.4 is 20.9 Å². The van der Waals surface area contributed by atoms with Crippen molar-refractivity contribution in [2.75, 3.05) is 33.9 Å². The van der Waals surface area contributed by atoms with Crippen LogP contribution in [0, 0.1) is 11.3 Å². The number of aromatic nitrogens is 1. The summed E-state index contributed by atoms with van der Waals surface area (Å²) in [5.74, 6) is -0.212. The van der Waals surface area contributed by atoms with E-state index in [1.54, 1.807) is 24.3 Å². The van der Waals surface area contributed by atoms with Crippen LogP contribution in [0.1, 0.15) is 35.8 Å². The van der Waals surface area contributed by atoms with E-state index >= 15 is 0 Å². The fourth-order valence-electron chi connectivity index (χ4n) is 4.75. The molecule has 1 fully saturated rings. The van der Waals surface area contributed by atoms with Gasteiger partial charge in [-0.1, -0.05) is 0 Å². The summed E-state index contributed by atoms with van der Waals surface area (Å²) in [5.41, 5.74) is 6.19. The Bertz CT molecular complexity index is 1460. The highest BCUT2D eigenvalue weighted by Gasteiger charge is 2.17. The molecule has 0 radical (unpaired) electrons. The van der Waals surface area contributed by atoms with E-state index in [2.05, 4.69) is 51.2 Å². The van der Waals surface area contributed by atoms with Crippen LogP contribution in [0.4, 0.5) is 34.1 Å². The number of piperidine rings is 1. The first-order valence-electron chi connectivity index (χ1n) is 13.2. The largest absolute Gasteiger partial charge is 0.393 e. The second-order valence-corrected chi connectivity index (χ2v) is 9.60. The molecule has 1 amide bonds. The molecule has 8 heteroatoms. The van der Waals surface area contributed by atoms with Crippen LogP contribution in [-0.4, -0.2) is 34.8 Å². The van der Waals surface area contributed by atoms with Crippen molar-refractivity contribution in [2.24, 2.45) is 0 Å². The minimum absolute atomic E-state index is 0.178. The van der Waals surface area contributed by atoms with Crippen LogP contribution in [-0.2, 0) is 6.54 Å². The van der Waals surface area contributed by atoms with Crippen molar-refractivity contribution < 1.29 is 9.90 Å². The van der Waals surface area contributed by atoms with E-state index in [-0.39, 0.29) is 12.0 Å². The predicted molar refractivity (Wildman–Crippen MR) is 156 cm³/mol. The second kappa shape index (κ2) is 11.8. The Morgan fingerprint density at radius 1 is 0.923 bits per heavy atom. The molecule has 3 aromatic carbocycles. The van der Waals surface area contributed by atoms with Gasteiger partial charge in [-0.25, -0.2) is 0 Å². The zero-order chi connectivity index (χ0) is 27.2. The molecule has 0 atom stereocenters. The van der Waals surface area contributed by atoms with Crippen molar-refractivity contribution in [2.45, 2.75) is 32.4 Å². The molecule has 1 aliphatic rings. The van der Waals surface area contributed by atoms with E-state index in [0.717, 1.165) is 43.0 Å². The Balaban J connectivity index is 1.20. The van der Waals surface area contributed by atoms with Crippen molar-refractivity contribution in [3.05, 3.63) is 96.3 Å². The first-order valence-corrected chi connectivity index (χ1v) is 13.2. The normalized spacial score (nSPS) is 13.5. The fourth-order valence-corrected chi connectivity index (χ4v) is 4.75. The van der Waals surface area contributed by atoms with Gasteiger partial charge in [0, 0.05) is 54.3 Å². The molecule has 4 N–H and O–H groups in total. The zero-order valence-corrected chi connectivity index (χ0v) is 21.9. The molecule has 8 nitrogen and oxygen atoms in total. The highest BCUT2D eigenvalue weighted by molar-refractivity contribution is 6.03. The Labute approximate surface area is 228 Å². The van der Waals surface area contributed by atoms with Crippen LogP contribution >= 0.6 is 0 Å². The van der Waals surface area contributed by atoms with Gasteiger partial charge in [-0.2, -0.15) is 5.26 Å². The molecule has 0 spiro atoms. The third-order valence-corrected chi connectivity index (χ3v) is 6.95. The average Bonchev–Trinajstić information content (AvgIpc) is 3.45. The SMILES string of the molecule is CCn1cccc1C(=O)Nc1ccc(Nc2ccc(Nc3ccc(N4CCC(O)CC4)cc3)cc2)c(C#N)c1. The fraction of sp³-hybridized carbons (Fsp3) is 0.226. The maximum absolute atomic E-state index is 12.6. The number of anilines is 6. The van der Waals surface area contributed by atoms with Crippen molar-refractivity contribution in [1.82, 2.24) is 4.57 Å². The molecule has 4 aromatic rings. The quantitative estimate of drug-likeness (QED) is 0.224. The molecule has 0 unspecified atom stereocenters. The molecular formula is C31H32N6O2. The lowest BCUT2D eigenvalue weighted by Gasteiger charge is -2.31. The van der Waals surface area contributed by atoms with Crippen molar-refractivity contribution in [3.63, 3.8) is 0 Å². The van der Waals surface area contributed by atoms with Crippen molar-refractivity contribution in [3.8, 4) is 6.07 Å². The molecule has 198 valence electrons. The maximum Gasteiger partial charge on any atom is 0.272 e. The third kappa shape index (κ3) is 6.22. The first-order chi connectivity index (χ1) is 19.0. The molecule has 5 rings (SSSR count). The Morgan fingerprint density at radius 2 is 1.54 bits per heavy atom. The number of nitrogens with zero attached hydrogens (tertiary/aromatic N) is 3. The molecule has 0 saturated carbocycles. The molecule has 0 bridgehead atoms. The number of carbonyl (C=O) groups is 1. The number of amides is 1. The van der Waals surface area contributed by atoms with E-state index in [1.807, 2.05) is 48.0 Å². The highest BCUT2D eigenvalue weighted by atomic mass is 16.3. The number of aryl methyl sites for hydroxylation is 1. The molecule has 39 heavy (non-hydrogen) atoms. The number of nitriles is 1. The van der Waals surface area contributed by atoms with Gasteiger partial charge in [-0.05, 0) is 98.6 Å². The third-order valence-electron chi connectivity index (χ3n) is 6.95.